The maximum absolute atomic E-state index is 11.7. The van der Waals surface area contributed by atoms with E-state index in [9.17, 15) is 13.2 Å². The molecule has 1 aliphatic heterocycles. The molecule has 0 aromatic carbocycles. The Bertz CT molecular complexity index is 772. The summed E-state index contributed by atoms with van der Waals surface area (Å²) in [6.45, 7) is 0. The molecule has 0 bridgehead atoms. The van der Waals surface area contributed by atoms with E-state index >= 15 is 0 Å². The quantitative estimate of drug-likeness (QED) is 0.598. The van der Waals surface area contributed by atoms with Crippen molar-refractivity contribution >= 4 is 33.2 Å². The summed E-state index contributed by atoms with van der Waals surface area (Å²) in [7, 11) is -3.04. The molecule has 0 N–H and O–H groups in total. The number of hydrogen-bond donors (Lipinski definition) is 0. The number of fused-ring (bicyclic) bond motifs is 1. The van der Waals surface area contributed by atoms with Crippen LogP contribution < -0.4 is 0 Å². The van der Waals surface area contributed by atoms with Gasteiger partial charge in [0.2, 0.25) is 0 Å². The largest absolute Gasteiger partial charge is 0.461 e. The molecular formula is C12H13N3O4S2. The lowest BCUT2D eigenvalue weighted by Gasteiger charge is -2.09. The topological polar surface area (TPSA) is 90.6 Å². The molecule has 2 aromatic heterocycles. The number of thioether (sulfide) groups is 1. The number of nitrogens with zero attached hydrogens (tertiary/aromatic N) is 3. The van der Waals surface area contributed by atoms with E-state index in [1.807, 2.05) is 24.4 Å². The van der Waals surface area contributed by atoms with Crippen LogP contribution in [0.2, 0.25) is 0 Å². The molecule has 21 heavy (non-hydrogen) atoms. The Kier molecular flexibility index (Phi) is 3.85. The third-order valence-corrected chi connectivity index (χ3v) is 5.74. The van der Waals surface area contributed by atoms with Crippen LogP contribution in [0, 0.1) is 0 Å². The molecule has 0 unspecified atom stereocenters. The molecule has 0 aliphatic carbocycles. The van der Waals surface area contributed by atoms with Gasteiger partial charge in [-0.15, -0.1) is 10.2 Å². The van der Waals surface area contributed by atoms with Crippen molar-refractivity contribution in [2.24, 2.45) is 0 Å². The van der Waals surface area contributed by atoms with E-state index in [4.69, 9.17) is 4.74 Å². The molecular weight excluding hydrogens is 314 g/mol. The van der Waals surface area contributed by atoms with Gasteiger partial charge in [-0.3, -0.25) is 9.20 Å². The van der Waals surface area contributed by atoms with E-state index in [0.717, 1.165) is 0 Å². The van der Waals surface area contributed by atoms with E-state index in [1.165, 1.54) is 11.8 Å². The van der Waals surface area contributed by atoms with Crippen LogP contribution in [0.4, 0.5) is 0 Å². The van der Waals surface area contributed by atoms with Gasteiger partial charge in [0.15, 0.2) is 20.6 Å². The molecule has 0 amide bonds. The Morgan fingerprint density at radius 1 is 1.43 bits per heavy atom. The van der Waals surface area contributed by atoms with Crippen molar-refractivity contribution in [3.8, 4) is 0 Å². The molecule has 112 valence electrons. The molecule has 0 spiro atoms. The fourth-order valence-electron chi connectivity index (χ4n) is 2.12. The third-order valence-electron chi connectivity index (χ3n) is 3.09. The summed E-state index contributed by atoms with van der Waals surface area (Å²) in [5.41, 5.74) is 0.704. The van der Waals surface area contributed by atoms with Crippen LogP contribution in [0.1, 0.15) is 6.42 Å². The van der Waals surface area contributed by atoms with E-state index < -0.39 is 21.9 Å². The van der Waals surface area contributed by atoms with Crippen molar-refractivity contribution in [3.05, 3.63) is 24.4 Å². The van der Waals surface area contributed by atoms with Crippen LogP contribution in [-0.2, 0) is 19.4 Å². The summed E-state index contributed by atoms with van der Waals surface area (Å²) in [6, 6.07) is 5.52. The van der Waals surface area contributed by atoms with Gasteiger partial charge < -0.3 is 4.74 Å². The van der Waals surface area contributed by atoms with Gasteiger partial charge in [-0.05, 0) is 18.6 Å². The number of sulfone groups is 1. The maximum Gasteiger partial charge on any atom is 0.316 e. The van der Waals surface area contributed by atoms with E-state index in [2.05, 4.69) is 10.2 Å². The average Bonchev–Trinajstić information content (AvgIpc) is 3.00. The molecule has 3 heterocycles. The second-order valence-corrected chi connectivity index (χ2v) is 7.89. The highest BCUT2D eigenvalue weighted by Crippen LogP contribution is 2.19. The molecule has 0 radical (unpaired) electrons. The van der Waals surface area contributed by atoms with Crippen LogP contribution >= 0.6 is 11.8 Å². The third kappa shape index (κ3) is 3.35. The number of esters is 1. The minimum Gasteiger partial charge on any atom is -0.461 e. The van der Waals surface area contributed by atoms with Crippen LogP contribution in [0.3, 0.4) is 0 Å². The normalized spacial score (nSPS) is 20.7. The second kappa shape index (κ2) is 5.64. The number of carbonyl (C=O) groups is 1. The predicted molar refractivity (Wildman–Crippen MR) is 76.9 cm³/mol. The molecule has 9 heteroatoms. The highest BCUT2D eigenvalue weighted by Gasteiger charge is 2.30. The molecule has 1 saturated heterocycles. The molecule has 1 atom stereocenters. The van der Waals surface area contributed by atoms with Crippen LogP contribution in [0.5, 0.6) is 0 Å². The Morgan fingerprint density at radius 2 is 2.29 bits per heavy atom. The van der Waals surface area contributed by atoms with Gasteiger partial charge in [-0.1, -0.05) is 17.8 Å². The van der Waals surface area contributed by atoms with E-state index in [1.54, 1.807) is 4.40 Å². The van der Waals surface area contributed by atoms with Gasteiger partial charge >= 0.3 is 5.97 Å². The Labute approximate surface area is 125 Å². The van der Waals surface area contributed by atoms with Gasteiger partial charge in [0.1, 0.15) is 6.10 Å². The predicted octanol–water partition coefficient (Wildman–Crippen LogP) is 0.552. The first-order valence-electron chi connectivity index (χ1n) is 6.36. The first-order chi connectivity index (χ1) is 10.0. The fourth-order valence-corrected chi connectivity index (χ4v) is 4.41. The number of hydrogen-bond acceptors (Lipinski definition) is 7. The Balaban J connectivity index is 1.57. The van der Waals surface area contributed by atoms with Crippen molar-refractivity contribution in [2.45, 2.75) is 17.7 Å². The lowest BCUT2D eigenvalue weighted by Crippen LogP contribution is -2.20. The van der Waals surface area contributed by atoms with Crippen LogP contribution in [0.25, 0.3) is 5.65 Å². The maximum atomic E-state index is 11.7. The summed E-state index contributed by atoms with van der Waals surface area (Å²) >= 11 is 1.21. The van der Waals surface area contributed by atoms with Gasteiger partial charge in [0.25, 0.3) is 0 Å². The molecule has 7 nitrogen and oxygen atoms in total. The minimum atomic E-state index is -3.04. The van der Waals surface area contributed by atoms with Crippen LogP contribution in [0.15, 0.2) is 29.6 Å². The SMILES string of the molecule is O=C(CSc1nnc2ccccn12)O[C@@H]1CCS(=O)(=O)C1. The van der Waals surface area contributed by atoms with Gasteiger partial charge in [0.05, 0.1) is 17.3 Å². The summed E-state index contributed by atoms with van der Waals surface area (Å²) in [5.74, 6) is -0.342. The number of carbonyl (C=O) groups excluding carboxylic acids is 1. The number of rotatable bonds is 4. The summed E-state index contributed by atoms with van der Waals surface area (Å²) in [6.07, 6.45) is 1.68. The minimum absolute atomic E-state index is 0.0722. The summed E-state index contributed by atoms with van der Waals surface area (Å²) < 4.78 is 29.5. The lowest BCUT2D eigenvalue weighted by molar-refractivity contribution is -0.144. The fraction of sp³-hybridized carbons (Fsp3) is 0.417. The number of ether oxygens (including phenoxy) is 1. The van der Waals surface area contributed by atoms with Gasteiger partial charge in [-0.25, -0.2) is 8.42 Å². The zero-order valence-corrected chi connectivity index (χ0v) is 12.6. The Morgan fingerprint density at radius 3 is 3.05 bits per heavy atom. The molecule has 0 saturated carbocycles. The van der Waals surface area contributed by atoms with Gasteiger partial charge in [-0.2, -0.15) is 0 Å². The monoisotopic (exact) mass is 327 g/mol. The first-order valence-corrected chi connectivity index (χ1v) is 9.17. The highest BCUT2D eigenvalue weighted by molar-refractivity contribution is 7.99. The van der Waals surface area contributed by atoms with Crippen molar-refractivity contribution in [1.29, 1.82) is 0 Å². The molecule has 3 rings (SSSR count). The number of pyridine rings is 1. The van der Waals surface area contributed by atoms with Crippen molar-refractivity contribution in [1.82, 2.24) is 14.6 Å². The second-order valence-electron chi connectivity index (χ2n) is 4.71. The highest BCUT2D eigenvalue weighted by atomic mass is 32.2. The average molecular weight is 327 g/mol. The lowest BCUT2D eigenvalue weighted by atomic mass is 10.3. The smallest absolute Gasteiger partial charge is 0.316 e. The zero-order chi connectivity index (χ0) is 14.9. The van der Waals surface area contributed by atoms with E-state index in [-0.39, 0.29) is 17.3 Å². The number of aromatic nitrogens is 3. The molecule has 1 fully saturated rings. The van der Waals surface area contributed by atoms with E-state index in [0.29, 0.717) is 17.2 Å². The molecule has 2 aromatic rings. The van der Waals surface area contributed by atoms with Gasteiger partial charge in [0, 0.05) is 6.20 Å². The standard InChI is InChI=1S/C12H13N3O4S2/c16-11(19-9-4-6-21(17,18)8-9)7-20-12-14-13-10-3-1-2-5-15(10)12/h1-3,5,9H,4,6-8H2/t9-/m1/s1. The zero-order valence-electron chi connectivity index (χ0n) is 11.0. The first kappa shape index (κ1) is 14.3. The summed E-state index contributed by atoms with van der Waals surface area (Å²) in [4.78, 5) is 11.7. The molecule has 1 aliphatic rings. The van der Waals surface area contributed by atoms with Crippen LogP contribution in [-0.4, -0.2) is 52.3 Å². The van der Waals surface area contributed by atoms with Crippen molar-refractivity contribution < 1.29 is 17.9 Å². The summed E-state index contributed by atoms with van der Waals surface area (Å²) in [5, 5.41) is 8.57. The van der Waals surface area contributed by atoms with Crippen molar-refractivity contribution in [2.75, 3.05) is 17.3 Å². The van der Waals surface area contributed by atoms with Crippen molar-refractivity contribution in [3.63, 3.8) is 0 Å². The Hall–Kier alpha value is -1.61.